The molecule has 0 aromatic carbocycles. The standard InChI is InChI=1S/C19H22N4O3/c1-13-5-10-26-17(13)19(25)23-9-8-22-12-15(20-18(22)14(23)2)11-16(24)21-6-3-4-7-21/h3-5,10,12,14H,6-9,11H2,1-2H3/t14-/m0/s1. The topological polar surface area (TPSA) is 71.6 Å². The fraction of sp³-hybridized carbons (Fsp3) is 0.421. The SMILES string of the molecule is Cc1ccoc1C(=O)N1CCn2cc(CC(=O)N3CC=CC3)nc2[C@@H]1C. The van der Waals surface area contributed by atoms with Crippen LogP contribution in [0, 0.1) is 6.92 Å². The van der Waals surface area contributed by atoms with E-state index in [0.717, 1.165) is 17.1 Å². The molecule has 2 aromatic rings. The molecule has 0 bridgehead atoms. The highest BCUT2D eigenvalue weighted by Gasteiger charge is 2.32. The number of aryl methyl sites for hydroxylation is 1. The number of rotatable bonds is 3. The fourth-order valence-electron chi connectivity index (χ4n) is 3.58. The van der Waals surface area contributed by atoms with Crippen molar-refractivity contribution >= 4 is 11.8 Å². The van der Waals surface area contributed by atoms with Crippen molar-refractivity contribution in [3.05, 3.63) is 53.5 Å². The summed E-state index contributed by atoms with van der Waals surface area (Å²) in [7, 11) is 0. The molecule has 7 heteroatoms. The summed E-state index contributed by atoms with van der Waals surface area (Å²) in [4.78, 5) is 33.4. The van der Waals surface area contributed by atoms with E-state index in [1.807, 2.05) is 36.8 Å². The van der Waals surface area contributed by atoms with Gasteiger partial charge < -0.3 is 18.8 Å². The van der Waals surface area contributed by atoms with Crippen LogP contribution < -0.4 is 0 Å². The van der Waals surface area contributed by atoms with Gasteiger partial charge in [-0.2, -0.15) is 0 Å². The Labute approximate surface area is 151 Å². The fourth-order valence-corrected chi connectivity index (χ4v) is 3.58. The van der Waals surface area contributed by atoms with E-state index in [9.17, 15) is 9.59 Å². The quantitative estimate of drug-likeness (QED) is 0.790. The van der Waals surface area contributed by atoms with Crippen molar-refractivity contribution in [2.45, 2.75) is 32.9 Å². The third-order valence-corrected chi connectivity index (χ3v) is 5.10. The largest absolute Gasteiger partial charge is 0.459 e. The second-order valence-electron chi connectivity index (χ2n) is 6.84. The smallest absolute Gasteiger partial charge is 0.290 e. The van der Waals surface area contributed by atoms with E-state index in [1.54, 1.807) is 15.9 Å². The van der Waals surface area contributed by atoms with Crippen molar-refractivity contribution in [1.82, 2.24) is 19.4 Å². The molecule has 0 spiro atoms. The number of hydrogen-bond donors (Lipinski definition) is 0. The highest BCUT2D eigenvalue weighted by atomic mass is 16.3. The summed E-state index contributed by atoms with van der Waals surface area (Å²) in [5.74, 6) is 1.16. The molecule has 0 aliphatic carbocycles. The molecule has 136 valence electrons. The predicted molar refractivity (Wildman–Crippen MR) is 94.5 cm³/mol. The zero-order chi connectivity index (χ0) is 18.3. The first-order valence-electron chi connectivity index (χ1n) is 8.88. The van der Waals surface area contributed by atoms with E-state index in [-0.39, 0.29) is 17.9 Å². The molecule has 0 saturated carbocycles. The summed E-state index contributed by atoms with van der Waals surface area (Å²) < 4.78 is 7.41. The van der Waals surface area contributed by atoms with Gasteiger partial charge >= 0.3 is 0 Å². The van der Waals surface area contributed by atoms with Crippen LogP contribution >= 0.6 is 0 Å². The van der Waals surface area contributed by atoms with Gasteiger partial charge in [0.1, 0.15) is 5.82 Å². The molecule has 26 heavy (non-hydrogen) atoms. The number of carbonyl (C=O) groups is 2. The lowest BCUT2D eigenvalue weighted by Gasteiger charge is -2.33. The molecule has 0 N–H and O–H groups in total. The third kappa shape index (κ3) is 2.83. The van der Waals surface area contributed by atoms with Crippen LogP contribution in [0.25, 0.3) is 0 Å². The lowest BCUT2D eigenvalue weighted by atomic mass is 10.1. The lowest BCUT2D eigenvalue weighted by Crippen LogP contribution is -2.41. The number of hydrogen-bond acceptors (Lipinski definition) is 4. The van der Waals surface area contributed by atoms with E-state index in [2.05, 4.69) is 4.98 Å². The average molecular weight is 354 g/mol. The summed E-state index contributed by atoms with van der Waals surface area (Å²) in [5.41, 5.74) is 1.59. The first-order valence-corrected chi connectivity index (χ1v) is 8.88. The second-order valence-corrected chi connectivity index (χ2v) is 6.84. The molecule has 2 amide bonds. The normalized spacial score (nSPS) is 19.1. The maximum Gasteiger partial charge on any atom is 0.290 e. The maximum absolute atomic E-state index is 12.8. The Morgan fingerprint density at radius 3 is 2.73 bits per heavy atom. The zero-order valence-electron chi connectivity index (χ0n) is 15.0. The first kappa shape index (κ1) is 16.6. The van der Waals surface area contributed by atoms with Crippen molar-refractivity contribution in [1.29, 1.82) is 0 Å². The van der Waals surface area contributed by atoms with Crippen molar-refractivity contribution in [2.75, 3.05) is 19.6 Å². The molecule has 4 rings (SSSR count). The van der Waals surface area contributed by atoms with E-state index in [1.165, 1.54) is 6.26 Å². The number of imidazole rings is 1. The van der Waals surface area contributed by atoms with Crippen molar-refractivity contribution < 1.29 is 14.0 Å². The molecule has 0 fully saturated rings. The van der Waals surface area contributed by atoms with E-state index in [0.29, 0.717) is 38.4 Å². The maximum atomic E-state index is 12.8. The molecule has 0 unspecified atom stereocenters. The Balaban J connectivity index is 1.51. The molecule has 0 saturated heterocycles. The molecule has 4 heterocycles. The highest BCUT2D eigenvalue weighted by molar-refractivity contribution is 5.93. The van der Waals surface area contributed by atoms with Gasteiger partial charge in [0, 0.05) is 37.9 Å². The van der Waals surface area contributed by atoms with Crippen molar-refractivity contribution in [3.8, 4) is 0 Å². The summed E-state index contributed by atoms with van der Waals surface area (Å²) >= 11 is 0. The van der Waals surface area contributed by atoms with Crippen LogP contribution in [0.1, 0.15) is 40.6 Å². The number of furan rings is 1. The van der Waals surface area contributed by atoms with Gasteiger partial charge in [-0.1, -0.05) is 12.2 Å². The van der Waals surface area contributed by atoms with Gasteiger partial charge in [-0.25, -0.2) is 4.98 Å². The Kier molecular flexibility index (Phi) is 4.14. The van der Waals surface area contributed by atoms with E-state index >= 15 is 0 Å². The highest BCUT2D eigenvalue weighted by Crippen LogP contribution is 2.27. The van der Waals surface area contributed by atoms with Gasteiger partial charge in [0.15, 0.2) is 5.76 Å². The van der Waals surface area contributed by atoms with E-state index in [4.69, 9.17) is 4.42 Å². The minimum absolute atomic E-state index is 0.0808. The molecule has 0 radical (unpaired) electrons. The van der Waals surface area contributed by atoms with Gasteiger partial charge in [0.05, 0.1) is 24.4 Å². The van der Waals surface area contributed by atoms with Crippen molar-refractivity contribution in [2.24, 2.45) is 0 Å². The van der Waals surface area contributed by atoms with Crippen LogP contribution in [0.2, 0.25) is 0 Å². The summed E-state index contributed by atoms with van der Waals surface area (Å²) in [6.45, 7) is 6.43. The van der Waals surface area contributed by atoms with Crippen LogP contribution in [-0.4, -0.2) is 50.8 Å². The average Bonchev–Trinajstić information content (AvgIpc) is 3.34. The van der Waals surface area contributed by atoms with E-state index < -0.39 is 0 Å². The second kappa shape index (κ2) is 6.48. The monoisotopic (exact) mass is 354 g/mol. The molecule has 2 aliphatic heterocycles. The third-order valence-electron chi connectivity index (χ3n) is 5.10. The molecule has 2 aliphatic rings. The van der Waals surface area contributed by atoms with Crippen LogP contribution in [0.4, 0.5) is 0 Å². The minimum Gasteiger partial charge on any atom is -0.459 e. The Bertz CT molecular complexity index is 871. The van der Waals surface area contributed by atoms with Crippen LogP contribution in [0.15, 0.2) is 35.1 Å². The lowest BCUT2D eigenvalue weighted by molar-refractivity contribution is -0.129. The van der Waals surface area contributed by atoms with Gasteiger partial charge in [-0.05, 0) is 19.9 Å². The Morgan fingerprint density at radius 1 is 1.27 bits per heavy atom. The van der Waals surface area contributed by atoms with Crippen LogP contribution in [0.5, 0.6) is 0 Å². The summed E-state index contributed by atoms with van der Waals surface area (Å²) in [5, 5.41) is 0. The van der Waals surface area contributed by atoms with Gasteiger partial charge in [-0.3, -0.25) is 9.59 Å². The van der Waals surface area contributed by atoms with Crippen LogP contribution in [-0.2, 0) is 17.8 Å². The first-order chi connectivity index (χ1) is 12.5. The number of aromatic nitrogens is 2. The van der Waals surface area contributed by atoms with Crippen molar-refractivity contribution in [3.63, 3.8) is 0 Å². The number of carbonyl (C=O) groups excluding carboxylic acids is 2. The predicted octanol–water partition coefficient (Wildman–Crippen LogP) is 1.94. The molecule has 2 aromatic heterocycles. The Morgan fingerprint density at radius 2 is 2.04 bits per heavy atom. The molecule has 1 atom stereocenters. The summed E-state index contributed by atoms with van der Waals surface area (Å²) in [6, 6.07) is 1.62. The zero-order valence-corrected chi connectivity index (χ0v) is 15.0. The Hall–Kier alpha value is -2.83. The number of nitrogens with zero attached hydrogens (tertiary/aromatic N) is 4. The molecule has 7 nitrogen and oxygen atoms in total. The number of amides is 2. The van der Waals surface area contributed by atoms with Crippen LogP contribution in [0.3, 0.4) is 0 Å². The molecular formula is C19H22N4O3. The van der Waals surface area contributed by atoms with Gasteiger partial charge in [0.2, 0.25) is 5.91 Å². The van der Waals surface area contributed by atoms with Gasteiger partial charge in [-0.15, -0.1) is 0 Å². The van der Waals surface area contributed by atoms with Gasteiger partial charge in [0.25, 0.3) is 5.91 Å². The summed E-state index contributed by atoms with van der Waals surface area (Å²) in [6.07, 6.45) is 7.76. The minimum atomic E-state index is -0.168. The number of fused-ring (bicyclic) bond motifs is 1. The molecular weight excluding hydrogens is 332 g/mol.